The van der Waals surface area contributed by atoms with Crippen LogP contribution in [-0.2, 0) is 11.8 Å². The van der Waals surface area contributed by atoms with Gasteiger partial charge in [-0.3, -0.25) is 9.48 Å². The van der Waals surface area contributed by atoms with Crippen molar-refractivity contribution >= 4 is 11.7 Å². The minimum absolute atomic E-state index is 0.0164. The number of rotatable bonds is 5. The predicted octanol–water partition coefficient (Wildman–Crippen LogP) is 0.880. The van der Waals surface area contributed by atoms with Crippen molar-refractivity contribution in [3.05, 3.63) is 11.3 Å². The molecule has 1 aromatic heterocycles. The van der Waals surface area contributed by atoms with Crippen LogP contribution in [0.3, 0.4) is 0 Å². The third-order valence-corrected chi connectivity index (χ3v) is 2.86. The molecule has 1 aromatic rings. The zero-order valence-electron chi connectivity index (χ0n) is 11.3. The summed E-state index contributed by atoms with van der Waals surface area (Å²) >= 11 is 0. The Morgan fingerprint density at radius 2 is 2.11 bits per heavy atom. The summed E-state index contributed by atoms with van der Waals surface area (Å²) in [4.78, 5) is 13.6. The van der Waals surface area contributed by atoms with Crippen LogP contribution in [0.1, 0.15) is 25.1 Å². The number of hydrogen-bond donors (Lipinski definition) is 1. The molecule has 0 unspecified atom stereocenters. The topological polar surface area (TPSA) is 74.0 Å². The van der Waals surface area contributed by atoms with E-state index in [1.54, 1.807) is 23.6 Å². The standard InChI is InChI=1S/C12H19N5O/c1-5-17(6-2)11(18)8-14-12-10(7-13)9(3)15-16(12)4/h14H,5-6,8H2,1-4H3. The molecule has 1 N–H and O–H groups in total. The Kier molecular flexibility index (Phi) is 4.72. The zero-order chi connectivity index (χ0) is 13.7. The van der Waals surface area contributed by atoms with E-state index in [0.717, 1.165) is 0 Å². The molecule has 0 radical (unpaired) electrons. The lowest BCUT2D eigenvalue weighted by Gasteiger charge is -2.19. The largest absolute Gasteiger partial charge is 0.360 e. The summed E-state index contributed by atoms with van der Waals surface area (Å²) in [6, 6.07) is 2.09. The number of likely N-dealkylation sites (N-methyl/N-ethyl adjacent to an activating group) is 1. The Labute approximate surface area is 107 Å². The minimum atomic E-state index is 0.0164. The highest BCUT2D eigenvalue weighted by Gasteiger charge is 2.15. The molecule has 18 heavy (non-hydrogen) atoms. The van der Waals surface area contributed by atoms with Crippen LogP contribution >= 0.6 is 0 Å². The van der Waals surface area contributed by atoms with E-state index in [4.69, 9.17) is 5.26 Å². The van der Waals surface area contributed by atoms with Gasteiger partial charge in [-0.05, 0) is 20.8 Å². The van der Waals surface area contributed by atoms with E-state index in [9.17, 15) is 4.79 Å². The van der Waals surface area contributed by atoms with Gasteiger partial charge in [0, 0.05) is 20.1 Å². The fourth-order valence-electron chi connectivity index (χ4n) is 1.84. The smallest absolute Gasteiger partial charge is 0.241 e. The number of nitriles is 1. The molecule has 0 bridgehead atoms. The average molecular weight is 249 g/mol. The number of carbonyl (C=O) groups excluding carboxylic acids is 1. The Hall–Kier alpha value is -2.03. The quantitative estimate of drug-likeness (QED) is 0.840. The van der Waals surface area contributed by atoms with E-state index < -0.39 is 0 Å². The van der Waals surface area contributed by atoms with Crippen LogP contribution in [0.2, 0.25) is 0 Å². The lowest BCUT2D eigenvalue weighted by atomic mass is 10.2. The molecule has 6 heteroatoms. The number of carbonyl (C=O) groups is 1. The Bertz CT molecular complexity index is 468. The van der Waals surface area contributed by atoms with E-state index in [1.807, 2.05) is 13.8 Å². The van der Waals surface area contributed by atoms with Crippen molar-refractivity contribution in [3.8, 4) is 6.07 Å². The molecule has 1 amide bonds. The molecular formula is C12H19N5O. The fourth-order valence-corrected chi connectivity index (χ4v) is 1.84. The summed E-state index contributed by atoms with van der Waals surface area (Å²) in [5, 5.41) is 16.2. The highest BCUT2D eigenvalue weighted by Crippen LogP contribution is 2.16. The minimum Gasteiger partial charge on any atom is -0.360 e. The second-order valence-corrected chi connectivity index (χ2v) is 3.96. The van der Waals surface area contributed by atoms with Gasteiger partial charge in [-0.1, -0.05) is 0 Å². The van der Waals surface area contributed by atoms with Gasteiger partial charge in [-0.2, -0.15) is 10.4 Å². The van der Waals surface area contributed by atoms with Crippen LogP contribution in [0.15, 0.2) is 0 Å². The monoisotopic (exact) mass is 249 g/mol. The molecule has 1 rings (SSSR count). The Morgan fingerprint density at radius 1 is 1.50 bits per heavy atom. The van der Waals surface area contributed by atoms with E-state index in [-0.39, 0.29) is 12.5 Å². The predicted molar refractivity (Wildman–Crippen MR) is 69.1 cm³/mol. The van der Waals surface area contributed by atoms with Crippen molar-refractivity contribution in [2.75, 3.05) is 25.0 Å². The molecule has 0 aliphatic carbocycles. The van der Waals surface area contributed by atoms with Gasteiger partial charge in [-0.15, -0.1) is 0 Å². The lowest BCUT2D eigenvalue weighted by molar-refractivity contribution is -0.128. The average Bonchev–Trinajstić information content (AvgIpc) is 2.62. The molecule has 98 valence electrons. The normalized spacial score (nSPS) is 9.94. The van der Waals surface area contributed by atoms with E-state index in [2.05, 4.69) is 16.5 Å². The molecule has 0 aliphatic rings. The first kappa shape index (κ1) is 14.0. The number of nitrogens with zero attached hydrogens (tertiary/aromatic N) is 4. The fraction of sp³-hybridized carbons (Fsp3) is 0.583. The second kappa shape index (κ2) is 6.05. The van der Waals surface area contributed by atoms with E-state index >= 15 is 0 Å². The summed E-state index contributed by atoms with van der Waals surface area (Å²) in [7, 11) is 1.75. The number of anilines is 1. The van der Waals surface area contributed by atoms with Crippen molar-refractivity contribution in [2.24, 2.45) is 7.05 Å². The molecule has 0 spiro atoms. The summed E-state index contributed by atoms with van der Waals surface area (Å²) in [5.41, 5.74) is 1.16. The highest BCUT2D eigenvalue weighted by molar-refractivity contribution is 5.81. The van der Waals surface area contributed by atoms with Crippen LogP contribution in [0, 0.1) is 18.3 Å². The van der Waals surface area contributed by atoms with Gasteiger partial charge in [0.15, 0.2) is 0 Å². The second-order valence-electron chi connectivity index (χ2n) is 3.96. The molecule has 0 fully saturated rings. The molecule has 1 heterocycles. The summed E-state index contributed by atoms with van der Waals surface area (Å²) in [5.74, 6) is 0.609. The third kappa shape index (κ3) is 2.80. The maximum atomic E-state index is 11.8. The summed E-state index contributed by atoms with van der Waals surface area (Å²) < 4.78 is 1.59. The molecule has 0 aromatic carbocycles. The van der Waals surface area contributed by atoms with Gasteiger partial charge >= 0.3 is 0 Å². The van der Waals surface area contributed by atoms with Crippen LogP contribution in [-0.4, -0.2) is 40.2 Å². The van der Waals surface area contributed by atoms with Crippen molar-refractivity contribution < 1.29 is 4.79 Å². The van der Waals surface area contributed by atoms with Crippen molar-refractivity contribution in [2.45, 2.75) is 20.8 Å². The van der Waals surface area contributed by atoms with Crippen molar-refractivity contribution in [3.63, 3.8) is 0 Å². The summed E-state index contributed by atoms with van der Waals surface area (Å²) in [6.07, 6.45) is 0. The first-order valence-electron chi connectivity index (χ1n) is 6.00. The number of aromatic nitrogens is 2. The van der Waals surface area contributed by atoms with Crippen LogP contribution in [0.4, 0.5) is 5.82 Å². The number of hydrogen-bond acceptors (Lipinski definition) is 4. The molecule has 0 aliphatic heterocycles. The molecule has 0 saturated heterocycles. The molecular weight excluding hydrogens is 230 g/mol. The number of aryl methyl sites for hydroxylation is 2. The molecule has 6 nitrogen and oxygen atoms in total. The van der Waals surface area contributed by atoms with Crippen LogP contribution < -0.4 is 5.32 Å². The maximum absolute atomic E-state index is 11.8. The number of nitrogens with one attached hydrogen (secondary N) is 1. The lowest BCUT2D eigenvalue weighted by Crippen LogP contribution is -2.35. The van der Waals surface area contributed by atoms with Crippen LogP contribution in [0.5, 0.6) is 0 Å². The van der Waals surface area contributed by atoms with Gasteiger partial charge in [-0.25, -0.2) is 0 Å². The van der Waals surface area contributed by atoms with Gasteiger partial charge in [0.05, 0.1) is 12.2 Å². The Morgan fingerprint density at radius 3 is 2.61 bits per heavy atom. The Balaban J connectivity index is 2.76. The highest BCUT2D eigenvalue weighted by atomic mass is 16.2. The zero-order valence-corrected chi connectivity index (χ0v) is 11.3. The van der Waals surface area contributed by atoms with E-state index in [0.29, 0.717) is 30.2 Å². The van der Waals surface area contributed by atoms with Crippen LogP contribution in [0.25, 0.3) is 0 Å². The molecule has 0 saturated carbocycles. The van der Waals surface area contributed by atoms with Gasteiger partial charge in [0.2, 0.25) is 5.91 Å². The van der Waals surface area contributed by atoms with E-state index in [1.165, 1.54) is 0 Å². The first-order valence-corrected chi connectivity index (χ1v) is 6.00. The molecule has 0 atom stereocenters. The van der Waals surface area contributed by atoms with Gasteiger partial charge in [0.1, 0.15) is 17.5 Å². The van der Waals surface area contributed by atoms with Gasteiger partial charge < -0.3 is 10.2 Å². The number of amides is 1. The summed E-state index contributed by atoms with van der Waals surface area (Å²) in [6.45, 7) is 7.21. The third-order valence-electron chi connectivity index (χ3n) is 2.86. The first-order chi connectivity index (χ1) is 8.54. The van der Waals surface area contributed by atoms with Crippen molar-refractivity contribution in [1.82, 2.24) is 14.7 Å². The van der Waals surface area contributed by atoms with Gasteiger partial charge in [0.25, 0.3) is 0 Å². The maximum Gasteiger partial charge on any atom is 0.241 e. The van der Waals surface area contributed by atoms with Crippen molar-refractivity contribution in [1.29, 1.82) is 5.26 Å². The SMILES string of the molecule is CCN(CC)C(=O)CNc1c(C#N)c(C)nn1C.